The fraction of sp³-hybridized carbons (Fsp3) is 0.235. The first-order chi connectivity index (χ1) is 9.76. The van der Waals surface area contributed by atoms with Crippen molar-refractivity contribution in [3.05, 3.63) is 63.6 Å². The van der Waals surface area contributed by atoms with Gasteiger partial charge in [0, 0.05) is 11.0 Å². The molecule has 0 aromatic heterocycles. The van der Waals surface area contributed by atoms with Gasteiger partial charge in [0.15, 0.2) is 0 Å². The summed E-state index contributed by atoms with van der Waals surface area (Å²) in [5, 5.41) is 12.4. The van der Waals surface area contributed by atoms with Crippen LogP contribution in [0.4, 0.5) is 5.69 Å². The van der Waals surface area contributed by atoms with Crippen LogP contribution in [0.2, 0.25) is 0 Å². The molecule has 1 N–H and O–H groups in total. The summed E-state index contributed by atoms with van der Waals surface area (Å²) in [7, 11) is 0. The summed E-state index contributed by atoms with van der Waals surface area (Å²) in [6.45, 7) is 0.732. The van der Waals surface area contributed by atoms with Gasteiger partial charge in [0.2, 0.25) is 0 Å². The Bertz CT molecular complexity index is 652. The van der Waals surface area contributed by atoms with Gasteiger partial charge in [-0.05, 0) is 48.1 Å². The van der Waals surface area contributed by atoms with E-state index in [0.29, 0.717) is 5.56 Å². The lowest BCUT2D eigenvalue weighted by Gasteiger charge is -2.09. The highest BCUT2D eigenvalue weighted by Crippen LogP contribution is 2.39. The summed E-state index contributed by atoms with van der Waals surface area (Å²) in [6.07, 6.45) is 2.67. The fourth-order valence-electron chi connectivity index (χ4n) is 2.28. The quantitative estimate of drug-likeness (QED) is 0.875. The number of hydrogen-bond donors (Lipinski definition) is 1. The van der Waals surface area contributed by atoms with E-state index in [1.165, 1.54) is 24.0 Å². The van der Waals surface area contributed by atoms with E-state index in [2.05, 4.69) is 51.6 Å². The molecule has 0 bridgehead atoms. The Balaban J connectivity index is 1.69. The summed E-state index contributed by atoms with van der Waals surface area (Å²) in [6, 6.07) is 16.6. The fourth-order valence-corrected chi connectivity index (χ4v) is 2.64. The molecule has 0 saturated heterocycles. The Morgan fingerprint density at radius 3 is 2.55 bits per heavy atom. The third-order valence-corrected chi connectivity index (χ3v) is 4.11. The lowest BCUT2D eigenvalue weighted by atomic mass is 10.1. The highest BCUT2D eigenvalue weighted by atomic mass is 79.9. The molecular formula is C17H15BrN2. The van der Waals surface area contributed by atoms with Crippen LogP contribution in [-0.2, 0) is 6.54 Å². The minimum atomic E-state index is 0.669. The van der Waals surface area contributed by atoms with E-state index >= 15 is 0 Å². The van der Waals surface area contributed by atoms with Crippen LogP contribution in [-0.4, -0.2) is 0 Å². The molecule has 0 unspecified atom stereocenters. The molecule has 20 heavy (non-hydrogen) atoms. The van der Waals surface area contributed by atoms with E-state index in [9.17, 15) is 0 Å². The number of benzene rings is 2. The van der Waals surface area contributed by atoms with Crippen molar-refractivity contribution < 1.29 is 0 Å². The zero-order valence-electron chi connectivity index (χ0n) is 11.1. The van der Waals surface area contributed by atoms with Crippen LogP contribution in [0.15, 0.2) is 46.9 Å². The van der Waals surface area contributed by atoms with E-state index in [1.807, 2.05) is 18.2 Å². The maximum atomic E-state index is 9.11. The van der Waals surface area contributed by atoms with Crippen molar-refractivity contribution >= 4 is 21.6 Å². The Labute approximate surface area is 127 Å². The number of nitrogens with zero attached hydrogens (tertiary/aromatic N) is 1. The van der Waals surface area contributed by atoms with Gasteiger partial charge >= 0.3 is 0 Å². The Morgan fingerprint density at radius 1 is 1.15 bits per heavy atom. The number of nitriles is 1. The summed E-state index contributed by atoms with van der Waals surface area (Å²) >= 11 is 3.43. The molecule has 2 aromatic carbocycles. The molecule has 0 spiro atoms. The average molecular weight is 327 g/mol. The summed E-state index contributed by atoms with van der Waals surface area (Å²) in [5.41, 5.74) is 4.23. The molecule has 3 rings (SSSR count). The maximum absolute atomic E-state index is 9.11. The van der Waals surface area contributed by atoms with Crippen molar-refractivity contribution in [2.75, 3.05) is 5.32 Å². The van der Waals surface area contributed by atoms with Gasteiger partial charge in [0.1, 0.15) is 6.07 Å². The molecule has 1 saturated carbocycles. The van der Waals surface area contributed by atoms with Crippen LogP contribution in [0.3, 0.4) is 0 Å². The van der Waals surface area contributed by atoms with Crippen LogP contribution in [0.25, 0.3) is 0 Å². The van der Waals surface area contributed by atoms with Gasteiger partial charge in [0.05, 0.1) is 11.3 Å². The molecule has 0 amide bonds. The number of nitrogens with one attached hydrogen (secondary N) is 1. The van der Waals surface area contributed by atoms with Gasteiger partial charge in [-0.15, -0.1) is 0 Å². The lowest BCUT2D eigenvalue weighted by molar-refractivity contribution is 1.10. The van der Waals surface area contributed by atoms with Crippen LogP contribution in [0, 0.1) is 11.3 Å². The van der Waals surface area contributed by atoms with Gasteiger partial charge in [-0.25, -0.2) is 0 Å². The Hall–Kier alpha value is -1.79. The first-order valence-corrected chi connectivity index (χ1v) is 7.58. The first-order valence-electron chi connectivity index (χ1n) is 6.78. The SMILES string of the molecule is N#Cc1ccc(Br)cc1NCc1ccc(C2CC2)cc1. The highest BCUT2D eigenvalue weighted by Gasteiger charge is 2.22. The Morgan fingerprint density at radius 2 is 1.90 bits per heavy atom. The summed E-state index contributed by atoms with van der Waals surface area (Å²) in [5.74, 6) is 0.798. The van der Waals surface area contributed by atoms with E-state index in [0.717, 1.165) is 22.6 Å². The zero-order valence-corrected chi connectivity index (χ0v) is 12.7. The molecule has 0 heterocycles. The summed E-state index contributed by atoms with van der Waals surface area (Å²) in [4.78, 5) is 0. The smallest absolute Gasteiger partial charge is 0.101 e. The molecule has 2 aromatic rings. The minimum Gasteiger partial charge on any atom is -0.380 e. The van der Waals surface area contributed by atoms with Gasteiger partial charge in [0.25, 0.3) is 0 Å². The van der Waals surface area contributed by atoms with Crippen LogP contribution < -0.4 is 5.32 Å². The number of halogens is 1. The normalized spacial score (nSPS) is 13.8. The predicted molar refractivity (Wildman–Crippen MR) is 84.6 cm³/mol. The molecular weight excluding hydrogens is 312 g/mol. The minimum absolute atomic E-state index is 0.669. The van der Waals surface area contributed by atoms with Gasteiger partial charge in [-0.3, -0.25) is 0 Å². The highest BCUT2D eigenvalue weighted by molar-refractivity contribution is 9.10. The molecule has 0 radical (unpaired) electrons. The van der Waals surface area contributed by atoms with Crippen molar-refractivity contribution in [2.24, 2.45) is 0 Å². The molecule has 1 aliphatic rings. The van der Waals surface area contributed by atoms with Crippen molar-refractivity contribution in [3.8, 4) is 6.07 Å². The van der Waals surface area contributed by atoms with E-state index in [1.54, 1.807) is 0 Å². The van der Waals surface area contributed by atoms with Crippen LogP contribution >= 0.6 is 15.9 Å². The lowest BCUT2D eigenvalue weighted by Crippen LogP contribution is -2.01. The molecule has 100 valence electrons. The van der Waals surface area contributed by atoms with Crippen molar-refractivity contribution in [1.29, 1.82) is 5.26 Å². The monoisotopic (exact) mass is 326 g/mol. The third-order valence-electron chi connectivity index (χ3n) is 3.61. The second-order valence-electron chi connectivity index (χ2n) is 5.17. The molecule has 0 aliphatic heterocycles. The third kappa shape index (κ3) is 3.02. The van der Waals surface area contributed by atoms with Crippen molar-refractivity contribution in [1.82, 2.24) is 0 Å². The molecule has 0 atom stereocenters. The standard InChI is InChI=1S/C17H15BrN2/c18-16-8-7-15(10-19)17(9-16)20-11-12-1-3-13(4-2-12)14-5-6-14/h1-4,7-9,14,20H,5-6,11H2. The van der Waals surface area contributed by atoms with Crippen molar-refractivity contribution in [2.45, 2.75) is 25.3 Å². The topological polar surface area (TPSA) is 35.8 Å². The van der Waals surface area contributed by atoms with E-state index in [4.69, 9.17) is 5.26 Å². The second-order valence-corrected chi connectivity index (χ2v) is 6.09. The predicted octanol–water partition coefficient (Wildman–Crippen LogP) is 4.81. The number of anilines is 1. The molecule has 3 heteroatoms. The first kappa shape index (κ1) is 13.2. The number of hydrogen-bond acceptors (Lipinski definition) is 2. The van der Waals surface area contributed by atoms with Gasteiger partial charge in [-0.2, -0.15) is 5.26 Å². The van der Waals surface area contributed by atoms with Crippen molar-refractivity contribution in [3.63, 3.8) is 0 Å². The van der Waals surface area contributed by atoms with Crippen LogP contribution in [0.1, 0.15) is 35.4 Å². The second kappa shape index (κ2) is 5.68. The van der Waals surface area contributed by atoms with E-state index in [-0.39, 0.29) is 0 Å². The van der Waals surface area contributed by atoms with E-state index < -0.39 is 0 Å². The Kier molecular flexibility index (Phi) is 3.75. The van der Waals surface area contributed by atoms with Gasteiger partial charge < -0.3 is 5.32 Å². The maximum Gasteiger partial charge on any atom is 0.101 e. The molecule has 1 aliphatic carbocycles. The number of rotatable bonds is 4. The largest absolute Gasteiger partial charge is 0.380 e. The summed E-state index contributed by atoms with van der Waals surface area (Å²) < 4.78 is 0.975. The molecule has 1 fully saturated rings. The zero-order chi connectivity index (χ0) is 13.9. The van der Waals surface area contributed by atoms with Gasteiger partial charge in [-0.1, -0.05) is 40.2 Å². The molecule has 2 nitrogen and oxygen atoms in total. The van der Waals surface area contributed by atoms with Crippen LogP contribution in [0.5, 0.6) is 0 Å². The average Bonchev–Trinajstić information content (AvgIpc) is 3.30.